The molecule has 106 valence electrons. The van der Waals surface area contributed by atoms with E-state index in [0.29, 0.717) is 24.0 Å². The van der Waals surface area contributed by atoms with Gasteiger partial charge >= 0.3 is 0 Å². The Hall–Kier alpha value is -2.30. The van der Waals surface area contributed by atoms with Crippen LogP contribution >= 0.6 is 0 Å². The van der Waals surface area contributed by atoms with E-state index in [-0.39, 0.29) is 5.91 Å². The number of furan rings is 1. The Bertz CT molecular complexity index is 535. The first-order valence-corrected chi connectivity index (χ1v) is 6.72. The van der Waals surface area contributed by atoms with Crippen molar-refractivity contribution in [3.05, 3.63) is 48.2 Å². The molecule has 1 amide bonds. The first kappa shape index (κ1) is 14.1. The second-order valence-corrected chi connectivity index (χ2v) is 4.65. The van der Waals surface area contributed by atoms with Gasteiger partial charge in [0.2, 0.25) is 0 Å². The van der Waals surface area contributed by atoms with Crippen LogP contribution in [0.4, 0.5) is 5.69 Å². The molecule has 0 aliphatic carbocycles. The second kappa shape index (κ2) is 6.75. The predicted octanol–water partition coefficient (Wildman–Crippen LogP) is 2.82. The number of carbonyl (C=O) groups excluding carboxylic acids is 1. The van der Waals surface area contributed by atoms with Crippen LogP contribution in [0.25, 0.3) is 0 Å². The molecule has 1 unspecified atom stereocenters. The molecule has 0 spiro atoms. The molecule has 20 heavy (non-hydrogen) atoms. The van der Waals surface area contributed by atoms with Crippen LogP contribution in [0.1, 0.15) is 36.5 Å². The van der Waals surface area contributed by atoms with Gasteiger partial charge in [-0.05, 0) is 37.6 Å². The summed E-state index contributed by atoms with van der Waals surface area (Å²) in [5, 5.41) is 6.06. The molecule has 5 nitrogen and oxygen atoms in total. The maximum absolute atomic E-state index is 11.9. The van der Waals surface area contributed by atoms with Crippen LogP contribution in [0.2, 0.25) is 0 Å². The van der Waals surface area contributed by atoms with Gasteiger partial charge in [-0.2, -0.15) is 0 Å². The minimum absolute atomic E-state index is 0.212. The monoisotopic (exact) mass is 273 g/mol. The Morgan fingerprint density at radius 1 is 1.40 bits per heavy atom. The maximum Gasteiger partial charge on any atom is 0.270 e. The van der Waals surface area contributed by atoms with Crippen LogP contribution in [0, 0.1) is 0 Å². The first-order valence-electron chi connectivity index (χ1n) is 6.72. The highest BCUT2D eigenvalue weighted by Crippen LogP contribution is 2.09. The Balaban J connectivity index is 1.90. The molecule has 5 heteroatoms. The average Bonchev–Trinajstić information content (AvgIpc) is 2.98. The molecule has 2 heterocycles. The Labute approximate surface area is 118 Å². The number of aromatic nitrogens is 1. The molecule has 0 aliphatic rings. The highest BCUT2D eigenvalue weighted by Gasteiger charge is 2.08. The van der Waals surface area contributed by atoms with E-state index in [1.807, 2.05) is 12.1 Å². The van der Waals surface area contributed by atoms with Gasteiger partial charge in [0.05, 0.1) is 24.7 Å². The van der Waals surface area contributed by atoms with Crippen molar-refractivity contribution < 1.29 is 9.21 Å². The summed E-state index contributed by atoms with van der Waals surface area (Å²) in [6.45, 7) is 4.58. The minimum atomic E-state index is -0.212. The van der Waals surface area contributed by atoms with E-state index in [1.54, 1.807) is 24.6 Å². The van der Waals surface area contributed by atoms with Crippen LogP contribution in [-0.2, 0) is 6.54 Å². The van der Waals surface area contributed by atoms with E-state index in [4.69, 9.17) is 4.42 Å². The molecule has 0 saturated heterocycles. The van der Waals surface area contributed by atoms with Crippen LogP contribution in [0.15, 0.2) is 41.1 Å². The number of hydrogen-bond donors (Lipinski definition) is 2. The molecule has 0 aromatic carbocycles. The minimum Gasteiger partial charge on any atom is -0.467 e. The molecule has 2 rings (SSSR count). The molecule has 0 aliphatic heterocycles. The fourth-order valence-corrected chi connectivity index (χ4v) is 1.67. The van der Waals surface area contributed by atoms with Crippen LogP contribution < -0.4 is 10.6 Å². The number of nitrogens with one attached hydrogen (secondary N) is 2. The molecule has 0 fully saturated rings. The summed E-state index contributed by atoms with van der Waals surface area (Å²) in [6, 6.07) is 7.56. The number of nitrogens with zero attached hydrogens (tertiary/aromatic N) is 1. The summed E-state index contributed by atoms with van der Waals surface area (Å²) < 4.78 is 5.15. The van der Waals surface area contributed by atoms with Crippen molar-refractivity contribution in [3.8, 4) is 0 Å². The summed E-state index contributed by atoms with van der Waals surface area (Å²) >= 11 is 0. The third kappa shape index (κ3) is 3.85. The molecule has 1 atom stereocenters. The maximum atomic E-state index is 11.9. The van der Waals surface area contributed by atoms with Crippen molar-refractivity contribution in [3.63, 3.8) is 0 Å². The molecule has 2 N–H and O–H groups in total. The largest absolute Gasteiger partial charge is 0.467 e. The van der Waals surface area contributed by atoms with E-state index in [2.05, 4.69) is 29.5 Å². The van der Waals surface area contributed by atoms with Crippen LogP contribution in [0.5, 0.6) is 0 Å². The lowest BCUT2D eigenvalue weighted by atomic mass is 10.2. The zero-order valence-electron chi connectivity index (χ0n) is 11.7. The van der Waals surface area contributed by atoms with E-state index >= 15 is 0 Å². The van der Waals surface area contributed by atoms with E-state index < -0.39 is 0 Å². The van der Waals surface area contributed by atoms with Gasteiger partial charge in [0.1, 0.15) is 11.5 Å². The highest BCUT2D eigenvalue weighted by atomic mass is 16.3. The van der Waals surface area contributed by atoms with Crippen molar-refractivity contribution in [1.29, 1.82) is 0 Å². The quantitative estimate of drug-likeness (QED) is 0.849. The Morgan fingerprint density at radius 3 is 2.85 bits per heavy atom. The van der Waals surface area contributed by atoms with E-state index in [0.717, 1.165) is 12.1 Å². The fourth-order valence-electron chi connectivity index (χ4n) is 1.67. The van der Waals surface area contributed by atoms with Gasteiger partial charge in [0.25, 0.3) is 5.91 Å². The number of amides is 1. The number of rotatable bonds is 6. The summed E-state index contributed by atoms with van der Waals surface area (Å²) in [6.07, 6.45) is 4.29. The average molecular weight is 273 g/mol. The van der Waals surface area contributed by atoms with Crippen molar-refractivity contribution >= 4 is 11.6 Å². The van der Waals surface area contributed by atoms with Gasteiger partial charge in [-0.3, -0.25) is 4.79 Å². The van der Waals surface area contributed by atoms with Crippen LogP contribution in [0.3, 0.4) is 0 Å². The molecule has 2 aromatic heterocycles. The Morgan fingerprint density at radius 2 is 2.25 bits per heavy atom. The lowest BCUT2D eigenvalue weighted by molar-refractivity contribution is 0.0943. The predicted molar refractivity (Wildman–Crippen MR) is 77.5 cm³/mol. The van der Waals surface area contributed by atoms with Gasteiger partial charge in [0.15, 0.2) is 0 Å². The SMILES string of the molecule is CCC(C)Nc1ccc(C(=O)NCc2ccco2)nc1. The number of carbonyl (C=O) groups is 1. The lowest BCUT2D eigenvalue weighted by Crippen LogP contribution is -2.23. The smallest absolute Gasteiger partial charge is 0.270 e. The summed E-state index contributed by atoms with van der Waals surface area (Å²) in [5.41, 5.74) is 1.31. The van der Waals surface area contributed by atoms with Gasteiger partial charge in [-0.15, -0.1) is 0 Å². The van der Waals surface area contributed by atoms with Gasteiger partial charge in [-0.25, -0.2) is 4.98 Å². The van der Waals surface area contributed by atoms with Crippen molar-refractivity contribution in [2.75, 3.05) is 5.32 Å². The van der Waals surface area contributed by atoms with E-state index in [9.17, 15) is 4.79 Å². The fraction of sp³-hybridized carbons (Fsp3) is 0.333. The number of pyridine rings is 1. The van der Waals surface area contributed by atoms with Crippen LogP contribution in [-0.4, -0.2) is 16.9 Å². The molecular weight excluding hydrogens is 254 g/mol. The zero-order chi connectivity index (χ0) is 14.4. The van der Waals surface area contributed by atoms with Gasteiger partial charge in [0, 0.05) is 6.04 Å². The molecule has 2 aromatic rings. The second-order valence-electron chi connectivity index (χ2n) is 4.65. The third-order valence-corrected chi connectivity index (χ3v) is 3.02. The standard InChI is InChI=1S/C15H19N3O2/c1-3-11(2)18-12-6-7-14(16-9-12)15(19)17-10-13-5-4-8-20-13/h4-9,11,18H,3,10H2,1-2H3,(H,17,19). The van der Waals surface area contributed by atoms with Crippen molar-refractivity contribution in [2.24, 2.45) is 0 Å². The lowest BCUT2D eigenvalue weighted by Gasteiger charge is -2.12. The highest BCUT2D eigenvalue weighted by molar-refractivity contribution is 5.92. The molecular formula is C15H19N3O2. The summed E-state index contributed by atoms with van der Waals surface area (Å²) in [4.78, 5) is 16.1. The molecule has 0 bridgehead atoms. The van der Waals surface area contributed by atoms with Crippen molar-refractivity contribution in [2.45, 2.75) is 32.9 Å². The van der Waals surface area contributed by atoms with Gasteiger partial charge in [-0.1, -0.05) is 6.92 Å². The molecule has 0 radical (unpaired) electrons. The zero-order valence-corrected chi connectivity index (χ0v) is 11.7. The van der Waals surface area contributed by atoms with Crippen molar-refractivity contribution in [1.82, 2.24) is 10.3 Å². The number of anilines is 1. The third-order valence-electron chi connectivity index (χ3n) is 3.02. The normalized spacial score (nSPS) is 11.9. The van der Waals surface area contributed by atoms with Gasteiger partial charge < -0.3 is 15.1 Å². The topological polar surface area (TPSA) is 67.2 Å². The summed E-state index contributed by atoms with van der Waals surface area (Å²) in [5.74, 6) is 0.505. The van der Waals surface area contributed by atoms with E-state index in [1.165, 1.54) is 0 Å². The summed E-state index contributed by atoms with van der Waals surface area (Å²) in [7, 11) is 0. The molecule has 0 saturated carbocycles. The number of hydrogen-bond acceptors (Lipinski definition) is 4. The Kier molecular flexibility index (Phi) is 4.76. The first-order chi connectivity index (χ1) is 9.69.